The molecule has 4 fully saturated rings. The highest BCUT2D eigenvalue weighted by atomic mass is 16.6. The van der Waals surface area contributed by atoms with E-state index in [1.54, 1.807) is 0 Å². The van der Waals surface area contributed by atoms with Crippen LogP contribution in [0, 0.1) is 41.4 Å². The molecule has 2 aliphatic carbocycles. The summed E-state index contributed by atoms with van der Waals surface area (Å²) in [5, 5.41) is 0. The first-order valence-corrected chi connectivity index (χ1v) is 12.4. The lowest BCUT2D eigenvalue weighted by molar-refractivity contribution is -0.0847. The molecule has 0 radical (unpaired) electrons. The zero-order valence-electron chi connectivity index (χ0n) is 19.3. The van der Waals surface area contributed by atoms with Gasteiger partial charge in [-0.05, 0) is 67.1 Å². The molecule has 0 aromatic carbocycles. The van der Waals surface area contributed by atoms with Gasteiger partial charge in [0.1, 0.15) is 12.2 Å². The van der Waals surface area contributed by atoms with Crippen molar-refractivity contribution in [2.24, 2.45) is 41.4 Å². The van der Waals surface area contributed by atoms with Crippen LogP contribution in [0.1, 0.15) is 66.7 Å². The second kappa shape index (κ2) is 9.54. The van der Waals surface area contributed by atoms with Crippen LogP contribution >= 0.6 is 0 Å². The van der Waals surface area contributed by atoms with E-state index in [0.29, 0.717) is 48.1 Å². The van der Waals surface area contributed by atoms with Gasteiger partial charge in [0.15, 0.2) is 0 Å². The Balaban J connectivity index is 1.32. The average Bonchev–Trinajstić information content (AvgIpc) is 3.56. The predicted molar refractivity (Wildman–Crippen MR) is 115 cm³/mol. The van der Waals surface area contributed by atoms with Gasteiger partial charge in [-0.3, -0.25) is 0 Å². The van der Waals surface area contributed by atoms with Crippen LogP contribution in [-0.2, 0) is 18.9 Å². The highest BCUT2D eigenvalue weighted by Gasteiger charge is 2.43. The molecule has 29 heavy (non-hydrogen) atoms. The summed E-state index contributed by atoms with van der Waals surface area (Å²) in [5.41, 5.74) is 0. The molecular formula is C25H44O4. The van der Waals surface area contributed by atoms with Crippen LogP contribution in [0.25, 0.3) is 0 Å². The molecule has 2 aliphatic heterocycles. The fourth-order valence-electron chi connectivity index (χ4n) is 6.93. The molecule has 2 saturated carbocycles. The Bertz CT molecular complexity index is 449. The first kappa shape index (κ1) is 22.0. The van der Waals surface area contributed by atoms with Crippen molar-refractivity contribution in [3.63, 3.8) is 0 Å². The largest absolute Gasteiger partial charge is 0.375 e. The van der Waals surface area contributed by atoms with Crippen LogP contribution in [-0.4, -0.2) is 50.8 Å². The Labute approximate surface area is 178 Å². The summed E-state index contributed by atoms with van der Waals surface area (Å²) >= 11 is 0. The first-order chi connectivity index (χ1) is 14.0. The van der Waals surface area contributed by atoms with Crippen LogP contribution in [0.5, 0.6) is 0 Å². The zero-order chi connectivity index (χ0) is 20.5. The third-order valence-electron chi connectivity index (χ3n) is 8.38. The van der Waals surface area contributed by atoms with E-state index in [1.165, 1.54) is 32.1 Å². The highest BCUT2D eigenvalue weighted by Crippen LogP contribution is 2.48. The van der Waals surface area contributed by atoms with Crippen LogP contribution in [0.3, 0.4) is 0 Å². The Hall–Kier alpha value is -0.160. The van der Waals surface area contributed by atoms with Gasteiger partial charge in [-0.1, -0.05) is 41.0 Å². The van der Waals surface area contributed by atoms with Crippen LogP contribution < -0.4 is 0 Å². The number of ether oxygens (including phenoxy) is 4. The molecule has 2 saturated heterocycles. The van der Waals surface area contributed by atoms with Gasteiger partial charge >= 0.3 is 0 Å². The van der Waals surface area contributed by atoms with E-state index in [4.69, 9.17) is 18.9 Å². The molecule has 0 amide bonds. The molecule has 0 spiro atoms. The van der Waals surface area contributed by atoms with Gasteiger partial charge in [0.05, 0.1) is 38.6 Å². The molecule has 0 N–H and O–H groups in total. The third kappa shape index (κ3) is 5.56. The average molecular weight is 409 g/mol. The Morgan fingerprint density at radius 2 is 1.03 bits per heavy atom. The van der Waals surface area contributed by atoms with Gasteiger partial charge in [0.25, 0.3) is 0 Å². The molecule has 168 valence electrons. The van der Waals surface area contributed by atoms with Crippen LogP contribution in [0.15, 0.2) is 0 Å². The summed E-state index contributed by atoms with van der Waals surface area (Å²) in [4.78, 5) is 0. The van der Waals surface area contributed by atoms with Gasteiger partial charge < -0.3 is 18.9 Å². The normalized spacial score (nSPS) is 48.3. The Kier molecular flexibility index (Phi) is 7.26. The van der Waals surface area contributed by atoms with E-state index in [-0.39, 0.29) is 0 Å². The number of epoxide rings is 2. The first-order valence-electron chi connectivity index (χ1n) is 12.4. The second-order valence-corrected chi connectivity index (χ2v) is 11.0. The van der Waals surface area contributed by atoms with Gasteiger partial charge in [-0.15, -0.1) is 0 Å². The molecule has 4 nitrogen and oxygen atoms in total. The van der Waals surface area contributed by atoms with Crippen molar-refractivity contribution in [1.29, 1.82) is 0 Å². The molecule has 4 heteroatoms. The molecule has 4 rings (SSSR count). The summed E-state index contributed by atoms with van der Waals surface area (Å²) in [7, 11) is 0. The van der Waals surface area contributed by atoms with E-state index in [1.807, 2.05) is 0 Å². The Morgan fingerprint density at radius 3 is 1.31 bits per heavy atom. The van der Waals surface area contributed by atoms with E-state index in [2.05, 4.69) is 34.6 Å². The van der Waals surface area contributed by atoms with Crippen LogP contribution in [0.2, 0.25) is 0 Å². The standard InChI is InChI=1S/C25H44O4/c1-6-23(19-7-15(2)24(16(3)8-19)28-13-21-11-26-21)20-9-17(4)25(18(5)10-20)29-14-22-12-27-22/h15-25H,6-14H2,1-5H3. The molecule has 0 bridgehead atoms. The van der Waals surface area contributed by atoms with Crippen molar-refractivity contribution in [3.05, 3.63) is 0 Å². The fourth-order valence-corrected chi connectivity index (χ4v) is 6.93. The lowest BCUT2D eigenvalue weighted by Crippen LogP contribution is -2.44. The maximum Gasteiger partial charge on any atom is 0.104 e. The van der Waals surface area contributed by atoms with Crippen molar-refractivity contribution < 1.29 is 18.9 Å². The molecular weight excluding hydrogens is 364 g/mol. The van der Waals surface area contributed by atoms with Crippen molar-refractivity contribution in [1.82, 2.24) is 0 Å². The summed E-state index contributed by atoms with van der Waals surface area (Å²) in [5.74, 6) is 5.18. The molecule has 6 atom stereocenters. The summed E-state index contributed by atoms with van der Waals surface area (Å²) in [6.45, 7) is 15.5. The Morgan fingerprint density at radius 1 is 0.690 bits per heavy atom. The van der Waals surface area contributed by atoms with E-state index in [0.717, 1.165) is 44.2 Å². The van der Waals surface area contributed by atoms with Crippen molar-refractivity contribution in [2.75, 3.05) is 26.4 Å². The van der Waals surface area contributed by atoms with Crippen molar-refractivity contribution in [3.8, 4) is 0 Å². The van der Waals surface area contributed by atoms with Gasteiger partial charge in [0.2, 0.25) is 0 Å². The molecule has 2 heterocycles. The molecule has 6 unspecified atom stereocenters. The summed E-state index contributed by atoms with van der Waals surface area (Å²) < 4.78 is 23.3. The van der Waals surface area contributed by atoms with E-state index in [9.17, 15) is 0 Å². The maximum absolute atomic E-state index is 6.29. The number of rotatable bonds is 9. The third-order valence-corrected chi connectivity index (χ3v) is 8.38. The molecule has 0 aromatic heterocycles. The number of hydrogen-bond acceptors (Lipinski definition) is 4. The monoisotopic (exact) mass is 408 g/mol. The SMILES string of the molecule is CCC(C1CC(C)C(OCC2CO2)C(C)C1)C1CC(C)C(OCC2CO2)C(C)C1. The second-order valence-electron chi connectivity index (χ2n) is 11.0. The lowest BCUT2D eigenvalue weighted by Gasteiger charge is -2.47. The minimum atomic E-state index is 0.377. The molecule has 4 aliphatic rings. The van der Waals surface area contributed by atoms with Crippen molar-refractivity contribution in [2.45, 2.75) is 91.1 Å². The quantitative estimate of drug-likeness (QED) is 0.507. The van der Waals surface area contributed by atoms with E-state index >= 15 is 0 Å². The van der Waals surface area contributed by atoms with Crippen LogP contribution in [0.4, 0.5) is 0 Å². The van der Waals surface area contributed by atoms with Gasteiger partial charge in [-0.25, -0.2) is 0 Å². The minimum absolute atomic E-state index is 0.377. The maximum atomic E-state index is 6.29. The van der Waals surface area contributed by atoms with Gasteiger partial charge in [-0.2, -0.15) is 0 Å². The smallest absolute Gasteiger partial charge is 0.104 e. The summed E-state index contributed by atoms with van der Waals surface area (Å²) in [6.07, 6.45) is 8.23. The van der Waals surface area contributed by atoms with Gasteiger partial charge in [0, 0.05) is 0 Å². The number of hydrogen-bond donors (Lipinski definition) is 0. The van der Waals surface area contributed by atoms with Crippen molar-refractivity contribution >= 4 is 0 Å². The fraction of sp³-hybridized carbons (Fsp3) is 1.00. The summed E-state index contributed by atoms with van der Waals surface area (Å²) in [6, 6.07) is 0. The zero-order valence-corrected chi connectivity index (χ0v) is 19.3. The predicted octanol–water partition coefficient (Wildman–Crippen LogP) is 4.95. The lowest BCUT2D eigenvalue weighted by atomic mass is 9.61. The minimum Gasteiger partial charge on any atom is -0.375 e. The highest BCUT2D eigenvalue weighted by molar-refractivity contribution is 4.92. The molecule has 0 aromatic rings. The topological polar surface area (TPSA) is 43.5 Å². The van der Waals surface area contributed by atoms with E-state index < -0.39 is 0 Å².